The van der Waals surface area contributed by atoms with Crippen LogP contribution in [0.15, 0.2) is 54.9 Å². The molecule has 0 amide bonds. The first-order chi connectivity index (χ1) is 10.2. The van der Waals surface area contributed by atoms with Crippen molar-refractivity contribution in [1.29, 1.82) is 0 Å². The van der Waals surface area contributed by atoms with E-state index in [1.165, 1.54) is 11.1 Å². The van der Waals surface area contributed by atoms with Gasteiger partial charge in [-0.3, -0.25) is 0 Å². The summed E-state index contributed by atoms with van der Waals surface area (Å²) in [7, 11) is 0. The van der Waals surface area contributed by atoms with Gasteiger partial charge in [0.1, 0.15) is 5.65 Å². The van der Waals surface area contributed by atoms with Gasteiger partial charge in [-0.1, -0.05) is 30.3 Å². The molecular formula is C18H21N3. The van der Waals surface area contributed by atoms with E-state index in [9.17, 15) is 0 Å². The average molecular weight is 279 g/mol. The summed E-state index contributed by atoms with van der Waals surface area (Å²) < 4.78 is 2.06. The zero-order valence-electron chi connectivity index (χ0n) is 12.6. The van der Waals surface area contributed by atoms with Crippen LogP contribution in [0.4, 0.5) is 0 Å². The third kappa shape index (κ3) is 3.31. The Hall–Kier alpha value is -2.13. The van der Waals surface area contributed by atoms with Crippen LogP contribution in [0.25, 0.3) is 5.65 Å². The summed E-state index contributed by atoms with van der Waals surface area (Å²) in [6, 6.07) is 15.1. The summed E-state index contributed by atoms with van der Waals surface area (Å²) in [4.78, 5) is 4.61. The van der Waals surface area contributed by atoms with E-state index in [4.69, 9.17) is 0 Å². The Balaban J connectivity index is 1.60. The lowest BCUT2D eigenvalue weighted by atomic mass is 10.0. The van der Waals surface area contributed by atoms with Crippen LogP contribution in [0.5, 0.6) is 0 Å². The zero-order valence-corrected chi connectivity index (χ0v) is 12.6. The molecule has 0 bridgehead atoms. The van der Waals surface area contributed by atoms with E-state index in [0.717, 1.165) is 24.3 Å². The number of imidazole rings is 1. The van der Waals surface area contributed by atoms with Crippen molar-refractivity contribution in [3.8, 4) is 0 Å². The predicted molar refractivity (Wildman–Crippen MR) is 86.4 cm³/mol. The fourth-order valence-electron chi connectivity index (χ4n) is 2.59. The maximum absolute atomic E-state index is 4.61. The van der Waals surface area contributed by atoms with Crippen LogP contribution in [0.3, 0.4) is 0 Å². The molecular weight excluding hydrogens is 258 g/mol. The van der Waals surface area contributed by atoms with Crippen molar-refractivity contribution in [3.05, 3.63) is 71.7 Å². The second-order valence-corrected chi connectivity index (χ2v) is 5.61. The Morgan fingerprint density at radius 1 is 1.14 bits per heavy atom. The molecule has 0 spiro atoms. The van der Waals surface area contributed by atoms with Crippen molar-refractivity contribution in [3.63, 3.8) is 0 Å². The third-order valence-electron chi connectivity index (χ3n) is 3.83. The highest BCUT2D eigenvalue weighted by molar-refractivity contribution is 5.39. The minimum Gasteiger partial charge on any atom is -0.308 e. The fourth-order valence-corrected chi connectivity index (χ4v) is 2.59. The molecule has 0 saturated heterocycles. The molecule has 0 fully saturated rings. The van der Waals surface area contributed by atoms with E-state index in [1.54, 1.807) is 0 Å². The zero-order chi connectivity index (χ0) is 14.7. The highest BCUT2D eigenvalue weighted by Gasteiger charge is 2.07. The standard InChI is InChI=1S/C18H21N3/c1-14-7-3-4-8-16(14)11-15(2)19-12-17-13-21-10-6-5-9-18(21)20-17/h3-10,13,15,19H,11-12H2,1-2H3. The number of hydrogen-bond donors (Lipinski definition) is 1. The minimum atomic E-state index is 0.427. The summed E-state index contributed by atoms with van der Waals surface area (Å²) in [6.45, 7) is 5.20. The van der Waals surface area contributed by atoms with Gasteiger partial charge in [0.2, 0.25) is 0 Å². The van der Waals surface area contributed by atoms with Gasteiger partial charge in [-0.05, 0) is 43.5 Å². The number of pyridine rings is 1. The van der Waals surface area contributed by atoms with Crippen LogP contribution >= 0.6 is 0 Å². The topological polar surface area (TPSA) is 29.3 Å². The normalized spacial score (nSPS) is 12.7. The van der Waals surface area contributed by atoms with Gasteiger partial charge < -0.3 is 9.72 Å². The average Bonchev–Trinajstić information content (AvgIpc) is 2.90. The molecule has 2 heterocycles. The molecule has 1 aromatic carbocycles. The summed E-state index contributed by atoms with van der Waals surface area (Å²) in [5.41, 5.74) is 4.85. The number of hydrogen-bond acceptors (Lipinski definition) is 2. The van der Waals surface area contributed by atoms with Crippen molar-refractivity contribution in [2.45, 2.75) is 32.9 Å². The molecule has 0 aliphatic rings. The molecule has 2 aromatic heterocycles. The molecule has 0 saturated carbocycles. The summed E-state index contributed by atoms with van der Waals surface area (Å²) >= 11 is 0. The Labute approximate surface area is 125 Å². The largest absolute Gasteiger partial charge is 0.308 e. The smallest absolute Gasteiger partial charge is 0.137 e. The Morgan fingerprint density at radius 3 is 2.76 bits per heavy atom. The molecule has 108 valence electrons. The SMILES string of the molecule is Cc1ccccc1CC(C)NCc1cn2ccccc2n1. The lowest BCUT2D eigenvalue weighted by Crippen LogP contribution is -2.27. The number of aryl methyl sites for hydroxylation is 1. The van der Waals surface area contributed by atoms with Crippen molar-refractivity contribution in [2.24, 2.45) is 0 Å². The molecule has 3 rings (SSSR count). The first-order valence-electron chi connectivity index (χ1n) is 7.43. The Morgan fingerprint density at radius 2 is 1.95 bits per heavy atom. The van der Waals surface area contributed by atoms with Crippen LogP contribution in [-0.4, -0.2) is 15.4 Å². The van der Waals surface area contributed by atoms with E-state index >= 15 is 0 Å². The molecule has 1 unspecified atom stereocenters. The highest BCUT2D eigenvalue weighted by Crippen LogP contribution is 2.10. The van der Waals surface area contributed by atoms with Gasteiger partial charge >= 0.3 is 0 Å². The number of aromatic nitrogens is 2. The fraction of sp³-hybridized carbons (Fsp3) is 0.278. The summed E-state index contributed by atoms with van der Waals surface area (Å²) in [5, 5.41) is 3.56. The van der Waals surface area contributed by atoms with Gasteiger partial charge in [-0.15, -0.1) is 0 Å². The van der Waals surface area contributed by atoms with Crippen molar-refractivity contribution in [1.82, 2.24) is 14.7 Å². The van der Waals surface area contributed by atoms with E-state index < -0.39 is 0 Å². The van der Waals surface area contributed by atoms with Crippen LogP contribution in [0.2, 0.25) is 0 Å². The lowest BCUT2D eigenvalue weighted by Gasteiger charge is -2.14. The van der Waals surface area contributed by atoms with Crippen LogP contribution in [-0.2, 0) is 13.0 Å². The first kappa shape index (κ1) is 13.8. The molecule has 0 aliphatic carbocycles. The molecule has 0 radical (unpaired) electrons. The van der Waals surface area contributed by atoms with Gasteiger partial charge in [-0.25, -0.2) is 4.98 Å². The van der Waals surface area contributed by atoms with Crippen LogP contribution < -0.4 is 5.32 Å². The monoisotopic (exact) mass is 279 g/mol. The minimum absolute atomic E-state index is 0.427. The molecule has 3 aromatic rings. The van der Waals surface area contributed by atoms with Crippen LogP contribution in [0, 0.1) is 6.92 Å². The maximum atomic E-state index is 4.61. The van der Waals surface area contributed by atoms with Crippen molar-refractivity contribution in [2.75, 3.05) is 0 Å². The maximum Gasteiger partial charge on any atom is 0.137 e. The van der Waals surface area contributed by atoms with Crippen LogP contribution in [0.1, 0.15) is 23.7 Å². The van der Waals surface area contributed by atoms with E-state index in [1.807, 2.05) is 24.4 Å². The summed E-state index contributed by atoms with van der Waals surface area (Å²) in [5.74, 6) is 0. The number of nitrogens with zero attached hydrogens (tertiary/aromatic N) is 2. The molecule has 3 nitrogen and oxygen atoms in total. The van der Waals surface area contributed by atoms with Gasteiger partial charge in [0.25, 0.3) is 0 Å². The molecule has 1 N–H and O–H groups in total. The number of rotatable bonds is 5. The van der Waals surface area contributed by atoms with E-state index in [0.29, 0.717) is 6.04 Å². The first-order valence-corrected chi connectivity index (χ1v) is 7.43. The third-order valence-corrected chi connectivity index (χ3v) is 3.83. The Kier molecular flexibility index (Phi) is 4.02. The van der Waals surface area contributed by atoms with Gasteiger partial charge in [0, 0.05) is 25.0 Å². The quantitative estimate of drug-likeness (QED) is 0.776. The van der Waals surface area contributed by atoms with E-state index in [2.05, 4.69) is 59.0 Å². The Bertz CT molecular complexity index is 697. The predicted octanol–water partition coefficient (Wildman–Crippen LogP) is 3.36. The number of fused-ring (bicyclic) bond motifs is 1. The van der Waals surface area contributed by atoms with Gasteiger partial charge in [0.05, 0.1) is 5.69 Å². The van der Waals surface area contributed by atoms with Gasteiger partial charge in [-0.2, -0.15) is 0 Å². The van der Waals surface area contributed by atoms with Gasteiger partial charge in [0.15, 0.2) is 0 Å². The number of nitrogens with one attached hydrogen (secondary N) is 1. The molecule has 21 heavy (non-hydrogen) atoms. The molecule has 0 aliphatic heterocycles. The number of benzene rings is 1. The lowest BCUT2D eigenvalue weighted by molar-refractivity contribution is 0.540. The summed E-state index contributed by atoms with van der Waals surface area (Å²) in [6.07, 6.45) is 5.16. The van der Waals surface area contributed by atoms with E-state index in [-0.39, 0.29) is 0 Å². The molecule has 1 atom stereocenters. The second-order valence-electron chi connectivity index (χ2n) is 5.61. The van der Waals surface area contributed by atoms with Crippen molar-refractivity contribution >= 4 is 5.65 Å². The highest BCUT2D eigenvalue weighted by atomic mass is 15.0. The second kappa shape index (κ2) is 6.10. The van der Waals surface area contributed by atoms with Crippen molar-refractivity contribution < 1.29 is 0 Å². The molecule has 3 heteroatoms.